The Morgan fingerprint density at radius 3 is 2.17 bits per heavy atom. The Morgan fingerprint density at radius 2 is 1.72 bits per heavy atom. The number of hydrogen-bond acceptors (Lipinski definition) is 5. The number of rotatable bonds is 9. The molecule has 0 saturated heterocycles. The summed E-state index contributed by atoms with van der Waals surface area (Å²) in [4.78, 5) is 22.5. The Kier molecular flexibility index (Phi) is 14.7. The molecule has 0 heterocycles. The minimum absolute atomic E-state index is 0. The van der Waals surface area contributed by atoms with Crippen LogP contribution in [0.25, 0.3) is 0 Å². The van der Waals surface area contributed by atoms with Crippen molar-refractivity contribution >= 4 is 65.0 Å². The van der Waals surface area contributed by atoms with Crippen LogP contribution < -0.4 is 11.1 Å². The number of carbonyl (C=O) groups is 2. The van der Waals surface area contributed by atoms with Crippen molar-refractivity contribution in [3.63, 3.8) is 0 Å². The van der Waals surface area contributed by atoms with Gasteiger partial charge in [-0.2, -0.15) is 23.5 Å². The van der Waals surface area contributed by atoms with Gasteiger partial charge in [-0.15, -0.1) is 0 Å². The monoisotopic (exact) mass is 304 g/mol. The molecule has 2 atom stereocenters. The van der Waals surface area contributed by atoms with Crippen molar-refractivity contribution in [3.8, 4) is 0 Å². The molecule has 18 heavy (non-hydrogen) atoms. The van der Waals surface area contributed by atoms with E-state index in [1.165, 1.54) is 0 Å². The summed E-state index contributed by atoms with van der Waals surface area (Å²) in [7, 11) is 0. The number of thioether (sulfide) groups is 2. The van der Waals surface area contributed by atoms with Crippen molar-refractivity contribution in [2.24, 2.45) is 5.73 Å². The van der Waals surface area contributed by atoms with Gasteiger partial charge in [-0.05, 0) is 36.9 Å². The van der Waals surface area contributed by atoms with Gasteiger partial charge in [0.25, 0.3) is 0 Å². The topological polar surface area (TPSA) is 92.4 Å². The van der Waals surface area contributed by atoms with Crippen LogP contribution >= 0.6 is 23.5 Å². The van der Waals surface area contributed by atoms with E-state index >= 15 is 0 Å². The van der Waals surface area contributed by atoms with E-state index in [2.05, 4.69) is 5.32 Å². The van der Waals surface area contributed by atoms with E-state index in [1.807, 2.05) is 12.5 Å². The van der Waals surface area contributed by atoms with Crippen molar-refractivity contribution < 1.29 is 14.7 Å². The first-order valence-electron chi connectivity index (χ1n) is 5.29. The summed E-state index contributed by atoms with van der Waals surface area (Å²) >= 11 is 3.15. The summed E-state index contributed by atoms with van der Waals surface area (Å²) in [6, 6.07) is -1.46. The van der Waals surface area contributed by atoms with Crippen LogP contribution in [0.3, 0.4) is 0 Å². The van der Waals surface area contributed by atoms with Crippen molar-refractivity contribution in [3.05, 3.63) is 0 Å². The summed E-state index contributed by atoms with van der Waals surface area (Å²) in [5.41, 5.74) is 5.66. The van der Waals surface area contributed by atoms with Gasteiger partial charge in [0.2, 0.25) is 5.91 Å². The molecule has 4 N–H and O–H groups in total. The predicted molar refractivity (Wildman–Crippen MR) is 80.7 cm³/mol. The van der Waals surface area contributed by atoms with Crippen LogP contribution in [0.1, 0.15) is 12.8 Å². The molecule has 0 bridgehead atoms. The molecular formula is C10H21N2NaO3S2. The van der Waals surface area contributed by atoms with E-state index in [0.29, 0.717) is 18.6 Å². The number of carbonyl (C=O) groups excluding carboxylic acids is 1. The van der Waals surface area contributed by atoms with Crippen molar-refractivity contribution in [1.29, 1.82) is 0 Å². The molecule has 0 fully saturated rings. The standard InChI is InChI=1S/C10H20N2O3S2.Na.H/c1-16-5-3-7(11)9(13)12-8(10(14)15)4-6-17-2;;/h7-8H,3-6,11H2,1-2H3,(H,12,13)(H,14,15);;. The second-order valence-corrected chi connectivity index (χ2v) is 5.54. The third-order valence-corrected chi connectivity index (χ3v) is 3.48. The molecule has 2 unspecified atom stereocenters. The first-order valence-corrected chi connectivity index (χ1v) is 8.08. The number of carboxylic acids is 1. The third kappa shape index (κ3) is 9.52. The van der Waals surface area contributed by atoms with Crippen molar-refractivity contribution in [2.45, 2.75) is 24.9 Å². The Hall–Kier alpha value is 0.600. The van der Waals surface area contributed by atoms with Gasteiger partial charge in [-0.25, -0.2) is 4.79 Å². The molecule has 0 saturated carbocycles. The molecule has 0 aliphatic carbocycles. The number of amides is 1. The Morgan fingerprint density at radius 1 is 1.22 bits per heavy atom. The third-order valence-electron chi connectivity index (χ3n) is 2.19. The van der Waals surface area contributed by atoms with Crippen LogP contribution in [0.2, 0.25) is 0 Å². The van der Waals surface area contributed by atoms with E-state index in [4.69, 9.17) is 10.8 Å². The molecule has 0 aliphatic heterocycles. The maximum absolute atomic E-state index is 11.6. The van der Waals surface area contributed by atoms with E-state index in [9.17, 15) is 9.59 Å². The number of carboxylic acid groups (broad SMARTS) is 1. The molecule has 0 aromatic carbocycles. The summed E-state index contributed by atoms with van der Waals surface area (Å²) in [6.45, 7) is 0. The molecule has 5 nitrogen and oxygen atoms in total. The van der Waals surface area contributed by atoms with Gasteiger partial charge in [0, 0.05) is 0 Å². The van der Waals surface area contributed by atoms with E-state index < -0.39 is 18.1 Å². The molecule has 0 aromatic heterocycles. The molecular weight excluding hydrogens is 283 g/mol. The second-order valence-electron chi connectivity index (χ2n) is 3.57. The van der Waals surface area contributed by atoms with E-state index in [1.54, 1.807) is 23.5 Å². The first-order chi connectivity index (χ1) is 8.02. The van der Waals surface area contributed by atoms with Crippen molar-refractivity contribution in [2.75, 3.05) is 24.0 Å². The summed E-state index contributed by atoms with van der Waals surface area (Å²) in [5.74, 6) is 0.0889. The zero-order valence-corrected chi connectivity index (χ0v) is 11.8. The van der Waals surface area contributed by atoms with Gasteiger partial charge in [0.05, 0.1) is 6.04 Å². The number of nitrogens with two attached hydrogens (primary N) is 1. The summed E-state index contributed by atoms with van der Waals surface area (Å²) < 4.78 is 0. The normalized spacial score (nSPS) is 13.3. The average molecular weight is 304 g/mol. The van der Waals surface area contributed by atoms with Crippen LogP contribution in [0.15, 0.2) is 0 Å². The first kappa shape index (κ1) is 20.9. The van der Waals surface area contributed by atoms with Crippen LogP contribution in [-0.2, 0) is 9.59 Å². The van der Waals surface area contributed by atoms with Gasteiger partial charge in [0.1, 0.15) is 6.04 Å². The van der Waals surface area contributed by atoms with Gasteiger partial charge in [-0.1, -0.05) is 0 Å². The maximum atomic E-state index is 11.6. The molecule has 1 amide bonds. The molecule has 0 radical (unpaired) electrons. The quantitative estimate of drug-likeness (QED) is 0.508. The summed E-state index contributed by atoms with van der Waals surface area (Å²) in [6.07, 6.45) is 4.80. The summed E-state index contributed by atoms with van der Waals surface area (Å²) in [5, 5.41) is 11.4. The number of nitrogens with one attached hydrogen (secondary N) is 1. The van der Waals surface area contributed by atoms with Crippen molar-refractivity contribution in [1.82, 2.24) is 5.32 Å². The molecule has 0 aromatic rings. The average Bonchev–Trinajstić information content (AvgIpc) is 2.30. The van der Waals surface area contributed by atoms with Gasteiger partial charge >= 0.3 is 35.5 Å². The molecule has 102 valence electrons. The van der Waals surface area contributed by atoms with E-state index in [-0.39, 0.29) is 35.5 Å². The van der Waals surface area contributed by atoms with Gasteiger partial charge < -0.3 is 16.2 Å². The van der Waals surface area contributed by atoms with Gasteiger partial charge in [0.15, 0.2) is 0 Å². The van der Waals surface area contributed by atoms with Crippen LogP contribution in [0.5, 0.6) is 0 Å². The Bertz CT molecular complexity index is 257. The zero-order chi connectivity index (χ0) is 13.3. The van der Waals surface area contributed by atoms with Gasteiger partial charge in [-0.3, -0.25) is 4.79 Å². The second kappa shape index (κ2) is 12.6. The van der Waals surface area contributed by atoms with E-state index in [0.717, 1.165) is 5.75 Å². The Labute approximate surface area is 139 Å². The predicted octanol–water partition coefficient (Wildman–Crippen LogP) is -0.259. The fourth-order valence-corrected chi connectivity index (χ4v) is 2.11. The molecule has 0 aliphatic rings. The molecule has 0 rings (SSSR count). The zero-order valence-electron chi connectivity index (χ0n) is 10.1. The fourth-order valence-electron chi connectivity index (χ4n) is 1.15. The SMILES string of the molecule is CSCCC(N)C(=O)NC(CCSC)C(=O)O.[NaH]. The van der Waals surface area contributed by atoms with Crippen LogP contribution in [0.4, 0.5) is 0 Å². The van der Waals surface area contributed by atoms with Crippen LogP contribution in [-0.4, -0.2) is 82.6 Å². The Balaban J connectivity index is 0. The number of hydrogen-bond donors (Lipinski definition) is 3. The fraction of sp³-hybridized carbons (Fsp3) is 0.800. The number of aliphatic carboxylic acids is 1. The molecule has 8 heteroatoms. The molecule has 0 spiro atoms. The minimum atomic E-state index is -1.01. The van der Waals surface area contributed by atoms with Crippen LogP contribution in [0, 0.1) is 0 Å².